The maximum atomic E-state index is 13.0. The molecule has 0 unspecified atom stereocenters. The number of Topliss-reactive ketones (excluding diaryl/α,β-unsaturated/α-hetero) is 1. The van der Waals surface area contributed by atoms with Crippen molar-refractivity contribution in [1.82, 2.24) is 26.6 Å². The van der Waals surface area contributed by atoms with Crippen molar-refractivity contribution in [1.29, 1.82) is 0 Å². The van der Waals surface area contributed by atoms with E-state index >= 15 is 0 Å². The van der Waals surface area contributed by atoms with Gasteiger partial charge in [-0.25, -0.2) is 4.79 Å². The van der Waals surface area contributed by atoms with Crippen molar-refractivity contribution in [3.63, 3.8) is 0 Å². The molecule has 28 heteroatoms. The van der Waals surface area contributed by atoms with E-state index < -0.39 is 128 Å². The Morgan fingerprint density at radius 3 is 1.57 bits per heavy atom. The van der Waals surface area contributed by atoms with Gasteiger partial charge in [-0.3, -0.25) is 33.6 Å². The van der Waals surface area contributed by atoms with Crippen LogP contribution in [0.2, 0.25) is 0 Å². The summed E-state index contributed by atoms with van der Waals surface area (Å²) in [5, 5.41) is 90.2. The van der Waals surface area contributed by atoms with E-state index in [1.165, 1.54) is 53.1 Å². The fourth-order valence-corrected chi connectivity index (χ4v) is 13.7. The number of thiophene rings is 2. The number of aliphatic hydroxyl groups is 6. The summed E-state index contributed by atoms with van der Waals surface area (Å²) in [7, 11) is 0. The van der Waals surface area contributed by atoms with E-state index in [0.29, 0.717) is 76.0 Å². The van der Waals surface area contributed by atoms with Crippen molar-refractivity contribution < 1.29 is 93.0 Å². The predicted molar refractivity (Wildman–Crippen MR) is 342 cm³/mol. The molecule has 5 aromatic rings. The van der Waals surface area contributed by atoms with Crippen molar-refractivity contribution in [2.75, 3.05) is 55.9 Å². The van der Waals surface area contributed by atoms with E-state index in [2.05, 4.69) is 26.6 Å². The lowest BCUT2D eigenvalue weighted by atomic mass is 9.88. The smallest absolute Gasteiger partial charge is 0.364 e. The van der Waals surface area contributed by atoms with Gasteiger partial charge in [0, 0.05) is 79.4 Å². The second-order valence-electron chi connectivity index (χ2n) is 21.7. The summed E-state index contributed by atoms with van der Waals surface area (Å²) in [4.78, 5) is 104. The maximum absolute atomic E-state index is 13.0. The summed E-state index contributed by atoms with van der Waals surface area (Å²) in [6, 6.07) is 29.4. The number of carbonyl (C=O) groups excluding carboxylic acids is 7. The fraction of sp³-hybridized carbons (Fsp3) is 0.460. The third-order valence-electron chi connectivity index (χ3n) is 14.8. The van der Waals surface area contributed by atoms with Gasteiger partial charge < -0.3 is 81.3 Å². The second kappa shape index (κ2) is 35.0. The van der Waals surface area contributed by atoms with Gasteiger partial charge in [-0.2, -0.15) is 23.5 Å². The molecule has 2 aromatic heterocycles. The van der Waals surface area contributed by atoms with Crippen LogP contribution < -0.4 is 26.6 Å². The standard InChI is InChI=1S/C63H77N5O19S4/c1-37(70)67-52-44(73)32-62(36-69,86-56(52)54(77)46(75)34-65-59(80)50-23-21-48(90-50)40-12-5-3-6-13-40)84-26-10-30-89-31-25-64-58(79)42-19-17-39(18-20-42)43(72)16-9-28-88-29-11-27-85-63(61(82)83)33-45(74)53(68-38(2)71)57(87-63)55(78)47(76)35-66-60(81)51-24-22-49(91-51)41-14-7-4-8-15-41/h3-8,12-15,17-24,36,44-47,52-57,73-78H,9-11,16,25-35H2,1-2H3,(H,64,79)(H,65,80)(H,66,81)(H,67,70)(H,68,71)(H,82,83)/t44-,45-,46+,47+,52+,53+,54+,55+,56+,57+,62+,63+/m0/s1. The minimum Gasteiger partial charge on any atom is -0.477 e. The first-order valence-electron chi connectivity index (χ1n) is 29.5. The number of nitrogens with one attached hydrogen (secondary N) is 5. The molecule has 0 bridgehead atoms. The van der Waals surface area contributed by atoms with Gasteiger partial charge in [-0.15, -0.1) is 22.7 Å². The summed E-state index contributed by atoms with van der Waals surface area (Å²) in [6.07, 6.45) is -12.5. The van der Waals surface area contributed by atoms with Crippen LogP contribution in [0.3, 0.4) is 0 Å². The van der Waals surface area contributed by atoms with Gasteiger partial charge in [0.15, 0.2) is 12.1 Å². The summed E-state index contributed by atoms with van der Waals surface area (Å²) in [6.45, 7) is 1.58. The highest BCUT2D eigenvalue weighted by atomic mass is 32.2. The van der Waals surface area contributed by atoms with Gasteiger partial charge in [-0.05, 0) is 84.0 Å². The first-order valence-corrected chi connectivity index (χ1v) is 33.5. The van der Waals surface area contributed by atoms with E-state index in [4.69, 9.17) is 18.9 Å². The Balaban J connectivity index is 0.765. The molecule has 5 amide bonds. The zero-order valence-electron chi connectivity index (χ0n) is 50.0. The minimum atomic E-state index is -2.47. The van der Waals surface area contributed by atoms with E-state index in [0.717, 1.165) is 27.8 Å². The molecule has 0 saturated carbocycles. The van der Waals surface area contributed by atoms with Crippen molar-refractivity contribution in [3.05, 3.63) is 130 Å². The van der Waals surface area contributed by atoms with Crippen LogP contribution in [0.4, 0.5) is 0 Å². The molecular weight excluding hydrogens is 1260 g/mol. The van der Waals surface area contributed by atoms with E-state index in [9.17, 15) is 74.1 Å². The highest BCUT2D eigenvalue weighted by Gasteiger charge is 2.56. The Morgan fingerprint density at radius 1 is 0.593 bits per heavy atom. The number of ketones is 1. The minimum absolute atomic E-state index is 0.0167. The average molecular weight is 1340 g/mol. The molecule has 2 fully saturated rings. The Morgan fingerprint density at radius 2 is 1.07 bits per heavy atom. The number of amides is 5. The van der Waals surface area contributed by atoms with Crippen molar-refractivity contribution >= 4 is 93.8 Å². The molecule has 0 aliphatic carbocycles. The van der Waals surface area contributed by atoms with Crippen molar-refractivity contribution in [2.45, 2.75) is 125 Å². The number of rotatable bonds is 35. The van der Waals surface area contributed by atoms with Crippen molar-refractivity contribution in [3.8, 4) is 20.9 Å². The highest BCUT2D eigenvalue weighted by Crippen LogP contribution is 2.36. The Hall–Kier alpha value is -6.48. The molecule has 4 heterocycles. The Bertz CT molecular complexity index is 3220. The number of benzene rings is 3. The van der Waals surface area contributed by atoms with E-state index in [-0.39, 0.29) is 31.3 Å². The van der Waals surface area contributed by atoms with Gasteiger partial charge in [0.25, 0.3) is 23.5 Å². The highest BCUT2D eigenvalue weighted by molar-refractivity contribution is 7.99. The number of thioether (sulfide) groups is 2. The quantitative estimate of drug-likeness (QED) is 0.0157. The van der Waals surface area contributed by atoms with Gasteiger partial charge in [0.05, 0.1) is 59.5 Å². The number of aliphatic carboxylic acids is 1. The van der Waals surface area contributed by atoms with Gasteiger partial charge in [0.1, 0.15) is 24.4 Å². The number of aldehydes is 1. The molecule has 3 aromatic carbocycles. The van der Waals surface area contributed by atoms with Crippen LogP contribution in [0.25, 0.3) is 20.9 Å². The molecule has 2 aliphatic heterocycles. The molecule has 91 heavy (non-hydrogen) atoms. The summed E-state index contributed by atoms with van der Waals surface area (Å²) in [5.41, 5.74) is 2.61. The Labute approximate surface area is 542 Å². The van der Waals surface area contributed by atoms with Crippen LogP contribution >= 0.6 is 46.2 Å². The molecule has 7 rings (SSSR count). The van der Waals surface area contributed by atoms with Crippen LogP contribution in [0, 0.1) is 0 Å². The lowest BCUT2D eigenvalue weighted by Crippen LogP contribution is -2.68. The molecule has 0 spiro atoms. The normalized spacial score (nSPS) is 22.7. The Kier molecular flexibility index (Phi) is 27.7. The molecule has 0 radical (unpaired) electrons. The molecular formula is C63H77N5O19S4. The van der Waals surface area contributed by atoms with Crippen molar-refractivity contribution in [2.24, 2.45) is 0 Å². The van der Waals surface area contributed by atoms with Gasteiger partial charge in [0.2, 0.25) is 17.6 Å². The molecule has 12 N–H and O–H groups in total. The van der Waals surface area contributed by atoms with Crippen LogP contribution in [0.15, 0.2) is 109 Å². The number of carboxylic acids is 1. The topological polar surface area (TPSA) is 375 Å². The number of carboxylic acid groups (broad SMARTS) is 1. The number of hydrogen-bond acceptors (Lipinski definition) is 22. The predicted octanol–water partition coefficient (Wildman–Crippen LogP) is 3.40. The monoisotopic (exact) mass is 1340 g/mol. The average Bonchev–Trinajstić information content (AvgIpc) is 1.57. The first-order chi connectivity index (χ1) is 43.6. The van der Waals surface area contributed by atoms with Gasteiger partial charge >= 0.3 is 5.97 Å². The van der Waals surface area contributed by atoms with Crippen LogP contribution in [0.5, 0.6) is 0 Å². The first kappa shape index (κ1) is 72.0. The van der Waals surface area contributed by atoms with Crippen LogP contribution in [-0.4, -0.2) is 212 Å². The van der Waals surface area contributed by atoms with Crippen LogP contribution in [0.1, 0.15) is 92.4 Å². The molecule has 12 atom stereocenters. The van der Waals surface area contributed by atoms with Crippen LogP contribution in [-0.2, 0) is 38.1 Å². The third kappa shape index (κ3) is 20.5. The fourth-order valence-electron chi connectivity index (χ4n) is 10.2. The summed E-state index contributed by atoms with van der Waals surface area (Å²) in [5.74, 6) is -6.69. The zero-order valence-corrected chi connectivity index (χ0v) is 53.3. The summed E-state index contributed by atoms with van der Waals surface area (Å²) >= 11 is 5.45. The lowest BCUT2D eigenvalue weighted by molar-refractivity contribution is -0.310. The third-order valence-corrected chi connectivity index (χ3v) is 19.3. The molecule has 24 nitrogen and oxygen atoms in total. The lowest BCUT2D eigenvalue weighted by Gasteiger charge is -2.46. The molecule has 2 saturated heterocycles. The zero-order chi connectivity index (χ0) is 65.7. The SMILES string of the molecule is CC(=O)N[C@H]1[C@H]([C@H](O)[C@H](O)CNC(=O)c2ccc(-c3ccccc3)s2)O[C@](C=O)(OCCCSCCNC(=O)c2ccc(C(=O)CCCSCCCO[C@]3(C(=O)O)C[C@H](O)[C@@H](NC(C)=O)[C@H]([C@H](O)[C@H](O)CNC(=O)c4ccc(-c5ccccc5)s4)O3)cc2)C[C@@H]1O. The van der Waals surface area contributed by atoms with E-state index in [1.54, 1.807) is 48.5 Å². The van der Waals surface area contributed by atoms with Gasteiger partial charge in [-0.1, -0.05) is 72.8 Å². The number of ether oxygens (including phenoxy) is 4. The largest absolute Gasteiger partial charge is 0.477 e. The number of hydrogen-bond donors (Lipinski definition) is 12. The summed E-state index contributed by atoms with van der Waals surface area (Å²) < 4.78 is 23.4. The number of aliphatic hydroxyl groups excluding tert-OH is 6. The molecule has 2 aliphatic rings. The number of carbonyl (C=O) groups is 8. The van der Waals surface area contributed by atoms with E-state index in [1.807, 2.05) is 60.7 Å². The second-order valence-corrected chi connectivity index (χ2v) is 26.3. The molecule has 492 valence electrons. The maximum Gasteiger partial charge on any atom is 0.364 e.